The Labute approximate surface area is 199 Å². The topological polar surface area (TPSA) is 103 Å². The van der Waals surface area contributed by atoms with Gasteiger partial charge in [0, 0.05) is 6.04 Å². The van der Waals surface area contributed by atoms with Crippen molar-refractivity contribution in [2.75, 3.05) is 14.2 Å². The monoisotopic (exact) mass is 465 g/mol. The zero-order valence-corrected chi connectivity index (χ0v) is 19.9. The molecule has 3 aromatic rings. The van der Waals surface area contributed by atoms with Crippen molar-refractivity contribution in [1.29, 1.82) is 0 Å². The van der Waals surface area contributed by atoms with E-state index in [-0.39, 0.29) is 18.0 Å². The fraction of sp³-hybridized carbons (Fsp3) is 0.346. The number of ether oxygens (including phenoxy) is 2. The van der Waals surface area contributed by atoms with Crippen LogP contribution >= 0.6 is 0 Å². The van der Waals surface area contributed by atoms with E-state index in [2.05, 4.69) is 10.4 Å². The third-order valence-corrected chi connectivity index (χ3v) is 5.38. The minimum absolute atomic E-state index is 0.151. The Morgan fingerprint density at radius 1 is 1.03 bits per heavy atom. The second-order valence-electron chi connectivity index (χ2n) is 8.49. The summed E-state index contributed by atoms with van der Waals surface area (Å²) in [5, 5.41) is 16.7. The number of amides is 1. The first-order valence-electron chi connectivity index (χ1n) is 11.2. The average molecular weight is 466 g/mol. The molecule has 0 aliphatic heterocycles. The highest BCUT2D eigenvalue weighted by atomic mass is 16.5. The fourth-order valence-electron chi connectivity index (χ4n) is 3.94. The minimum atomic E-state index is -0.958. The van der Waals surface area contributed by atoms with Gasteiger partial charge in [-0.05, 0) is 36.1 Å². The van der Waals surface area contributed by atoms with Crippen LogP contribution in [0.3, 0.4) is 0 Å². The van der Waals surface area contributed by atoms with Gasteiger partial charge in [-0.2, -0.15) is 5.10 Å². The smallest absolute Gasteiger partial charge is 0.305 e. The Hall–Kier alpha value is -3.81. The second kappa shape index (κ2) is 11.4. The van der Waals surface area contributed by atoms with E-state index < -0.39 is 17.9 Å². The molecule has 2 aromatic carbocycles. The molecule has 1 heterocycles. The van der Waals surface area contributed by atoms with Gasteiger partial charge in [-0.15, -0.1) is 0 Å². The van der Waals surface area contributed by atoms with Gasteiger partial charge in [0.1, 0.15) is 11.5 Å². The van der Waals surface area contributed by atoms with Gasteiger partial charge in [-0.1, -0.05) is 50.2 Å². The van der Waals surface area contributed by atoms with Gasteiger partial charge in [-0.3, -0.25) is 14.3 Å². The average Bonchev–Trinajstić information content (AvgIpc) is 3.21. The van der Waals surface area contributed by atoms with Crippen LogP contribution in [0, 0.1) is 5.92 Å². The van der Waals surface area contributed by atoms with E-state index in [1.807, 2.05) is 62.4 Å². The number of methoxy groups -OCH3 is 2. The predicted molar refractivity (Wildman–Crippen MR) is 129 cm³/mol. The number of aromatic nitrogens is 2. The van der Waals surface area contributed by atoms with Crippen LogP contribution in [0.25, 0.3) is 11.3 Å². The summed E-state index contributed by atoms with van der Waals surface area (Å²) < 4.78 is 12.9. The van der Waals surface area contributed by atoms with Gasteiger partial charge in [0.25, 0.3) is 5.91 Å². The summed E-state index contributed by atoms with van der Waals surface area (Å²) in [6.07, 6.45) is 0.401. The van der Waals surface area contributed by atoms with Gasteiger partial charge in [-0.25, -0.2) is 0 Å². The second-order valence-corrected chi connectivity index (χ2v) is 8.49. The van der Waals surface area contributed by atoms with Crippen molar-refractivity contribution in [3.8, 4) is 22.8 Å². The van der Waals surface area contributed by atoms with E-state index in [4.69, 9.17) is 9.47 Å². The molecule has 0 fully saturated rings. The number of benzene rings is 2. The number of hydrogen-bond donors (Lipinski definition) is 2. The molecule has 34 heavy (non-hydrogen) atoms. The molecule has 0 aliphatic rings. The normalized spacial score (nSPS) is 11.8. The summed E-state index contributed by atoms with van der Waals surface area (Å²) in [5.74, 6) is 0.0238. The number of carbonyl (C=O) groups is 2. The molecule has 0 saturated carbocycles. The van der Waals surface area contributed by atoms with Crippen LogP contribution in [0.2, 0.25) is 0 Å². The highest BCUT2D eigenvalue weighted by molar-refractivity contribution is 5.94. The largest absolute Gasteiger partial charge is 0.496 e. The first kappa shape index (κ1) is 24.8. The standard InChI is InChI=1S/C26H31N3O5/c1-17(2)13-19(14-24(30)31)27-26(32)20-15-21(25-22(33-3)11-8-12-23(25)34-4)29(28-20)16-18-9-6-5-7-10-18/h5-12,15,17,19H,13-14,16H2,1-4H3,(H,27,32)(H,30,31)/t19-/m0/s1. The van der Waals surface area contributed by atoms with Crippen LogP contribution in [0.15, 0.2) is 54.6 Å². The molecule has 180 valence electrons. The number of aliphatic carboxylic acids is 1. The van der Waals surface area contributed by atoms with E-state index in [0.29, 0.717) is 35.7 Å². The Balaban J connectivity index is 2.04. The number of rotatable bonds is 11. The lowest BCUT2D eigenvalue weighted by Crippen LogP contribution is -2.37. The molecule has 8 nitrogen and oxygen atoms in total. The summed E-state index contributed by atoms with van der Waals surface area (Å²) >= 11 is 0. The van der Waals surface area contributed by atoms with Crippen LogP contribution in [-0.4, -0.2) is 47.0 Å². The Bertz CT molecular complexity index is 1100. The highest BCUT2D eigenvalue weighted by Crippen LogP contribution is 2.38. The summed E-state index contributed by atoms with van der Waals surface area (Å²) in [6, 6.07) is 16.5. The van der Waals surface area contributed by atoms with Crippen LogP contribution in [0.5, 0.6) is 11.5 Å². The number of nitrogens with zero attached hydrogens (tertiary/aromatic N) is 2. The third-order valence-electron chi connectivity index (χ3n) is 5.38. The Morgan fingerprint density at radius 2 is 1.68 bits per heavy atom. The summed E-state index contributed by atoms with van der Waals surface area (Å²) in [6.45, 7) is 4.40. The van der Waals surface area contributed by atoms with E-state index in [1.165, 1.54) is 0 Å². The lowest BCUT2D eigenvalue weighted by atomic mass is 10.0. The maximum Gasteiger partial charge on any atom is 0.305 e. The quantitative estimate of drug-likeness (QED) is 0.439. The fourth-order valence-corrected chi connectivity index (χ4v) is 3.94. The van der Waals surface area contributed by atoms with E-state index in [9.17, 15) is 14.7 Å². The van der Waals surface area contributed by atoms with Crippen molar-refractivity contribution >= 4 is 11.9 Å². The lowest BCUT2D eigenvalue weighted by Gasteiger charge is -2.18. The van der Waals surface area contributed by atoms with Crippen LogP contribution in [-0.2, 0) is 11.3 Å². The molecule has 0 unspecified atom stereocenters. The SMILES string of the molecule is COc1cccc(OC)c1-c1cc(C(=O)N[C@H](CC(=O)O)CC(C)C)nn1Cc1ccccc1. The number of carboxylic acid groups (broad SMARTS) is 1. The Morgan fingerprint density at radius 3 is 2.24 bits per heavy atom. The van der Waals surface area contributed by atoms with Crippen molar-refractivity contribution < 1.29 is 24.2 Å². The number of carbonyl (C=O) groups excluding carboxylic acids is 1. The molecule has 3 rings (SSSR count). The maximum absolute atomic E-state index is 13.1. The zero-order chi connectivity index (χ0) is 24.7. The van der Waals surface area contributed by atoms with Gasteiger partial charge in [0.05, 0.1) is 38.4 Å². The van der Waals surface area contributed by atoms with Crippen LogP contribution in [0.1, 0.15) is 42.7 Å². The minimum Gasteiger partial charge on any atom is -0.496 e. The van der Waals surface area contributed by atoms with Crippen molar-refractivity contribution in [1.82, 2.24) is 15.1 Å². The van der Waals surface area contributed by atoms with Crippen molar-refractivity contribution in [3.05, 3.63) is 65.9 Å². The van der Waals surface area contributed by atoms with E-state index in [1.54, 1.807) is 25.0 Å². The molecule has 0 spiro atoms. The molecule has 1 atom stereocenters. The molecule has 2 N–H and O–H groups in total. The number of nitrogens with one attached hydrogen (secondary N) is 1. The van der Waals surface area contributed by atoms with Gasteiger partial charge in [0.15, 0.2) is 5.69 Å². The number of carboxylic acids is 1. The van der Waals surface area contributed by atoms with Crippen molar-refractivity contribution in [3.63, 3.8) is 0 Å². The molecule has 8 heteroatoms. The predicted octanol–water partition coefficient (Wildman–Crippen LogP) is 4.23. The molecule has 0 saturated heterocycles. The van der Waals surface area contributed by atoms with E-state index >= 15 is 0 Å². The maximum atomic E-state index is 13.1. The van der Waals surface area contributed by atoms with Crippen LogP contribution < -0.4 is 14.8 Å². The molecule has 1 aromatic heterocycles. The van der Waals surface area contributed by atoms with Crippen LogP contribution in [0.4, 0.5) is 0 Å². The molecule has 0 radical (unpaired) electrons. The molecule has 1 amide bonds. The zero-order valence-electron chi connectivity index (χ0n) is 19.9. The van der Waals surface area contributed by atoms with Crippen molar-refractivity contribution in [2.24, 2.45) is 5.92 Å². The summed E-state index contributed by atoms with van der Waals surface area (Å²) in [7, 11) is 3.15. The summed E-state index contributed by atoms with van der Waals surface area (Å²) in [5.41, 5.74) is 2.54. The molecular formula is C26H31N3O5. The first-order valence-corrected chi connectivity index (χ1v) is 11.2. The molecule has 0 aliphatic carbocycles. The summed E-state index contributed by atoms with van der Waals surface area (Å²) in [4.78, 5) is 24.4. The lowest BCUT2D eigenvalue weighted by molar-refractivity contribution is -0.137. The first-order chi connectivity index (χ1) is 16.3. The molecular weight excluding hydrogens is 434 g/mol. The third kappa shape index (κ3) is 6.15. The Kier molecular flexibility index (Phi) is 8.29. The van der Waals surface area contributed by atoms with Gasteiger partial charge >= 0.3 is 5.97 Å². The van der Waals surface area contributed by atoms with E-state index in [0.717, 1.165) is 5.56 Å². The molecule has 0 bridgehead atoms. The van der Waals surface area contributed by atoms with Crippen molar-refractivity contribution in [2.45, 2.75) is 39.3 Å². The highest BCUT2D eigenvalue weighted by Gasteiger charge is 2.24. The van der Waals surface area contributed by atoms with Gasteiger partial charge < -0.3 is 19.9 Å². The number of hydrogen-bond acceptors (Lipinski definition) is 5. The van der Waals surface area contributed by atoms with Gasteiger partial charge in [0.2, 0.25) is 0 Å².